The zero-order valence-electron chi connectivity index (χ0n) is 12.3. The quantitative estimate of drug-likeness (QED) is 0.928. The Labute approximate surface area is 131 Å². The van der Waals surface area contributed by atoms with Gasteiger partial charge in [0.15, 0.2) is 0 Å². The van der Waals surface area contributed by atoms with E-state index >= 15 is 0 Å². The van der Waals surface area contributed by atoms with Gasteiger partial charge in [-0.15, -0.1) is 0 Å². The second-order valence-electron chi connectivity index (χ2n) is 6.11. The van der Waals surface area contributed by atoms with Crippen LogP contribution in [0.3, 0.4) is 0 Å². The molecule has 1 saturated carbocycles. The van der Waals surface area contributed by atoms with E-state index in [1.165, 1.54) is 0 Å². The van der Waals surface area contributed by atoms with Gasteiger partial charge < -0.3 is 9.84 Å². The van der Waals surface area contributed by atoms with E-state index in [1.54, 1.807) is 24.3 Å². The fourth-order valence-electron chi connectivity index (χ4n) is 3.48. The smallest absolute Gasteiger partial charge is 0.410 e. The molecule has 1 aromatic rings. The molecule has 2 aliphatic rings. The monoisotopic (exact) mass is 325 g/mol. The van der Waals surface area contributed by atoms with Crippen LogP contribution in [0.1, 0.15) is 18.4 Å². The number of likely N-dealkylation sites (tertiary alicyclic amines) is 1. The van der Waals surface area contributed by atoms with E-state index in [-0.39, 0.29) is 19.4 Å². The van der Waals surface area contributed by atoms with Crippen molar-refractivity contribution in [2.45, 2.75) is 31.4 Å². The van der Waals surface area contributed by atoms with Crippen LogP contribution in [0.25, 0.3) is 0 Å². The van der Waals surface area contributed by atoms with Crippen LogP contribution in [0.4, 0.5) is 13.6 Å². The van der Waals surface area contributed by atoms with Crippen LogP contribution in [-0.4, -0.2) is 40.6 Å². The van der Waals surface area contributed by atoms with Gasteiger partial charge in [0.2, 0.25) is 0 Å². The maximum atomic E-state index is 14.1. The van der Waals surface area contributed by atoms with Crippen molar-refractivity contribution in [3.8, 4) is 0 Å². The molecule has 1 heterocycles. The molecule has 0 radical (unpaired) electrons. The third-order valence-corrected chi connectivity index (χ3v) is 4.64. The number of ether oxygens (including phenoxy) is 1. The fraction of sp³-hybridized carbons (Fsp3) is 0.500. The third kappa shape index (κ3) is 3.00. The Kier molecular flexibility index (Phi) is 3.95. The first kappa shape index (κ1) is 15.7. The molecule has 1 aromatic carbocycles. The highest BCUT2D eigenvalue weighted by Crippen LogP contribution is 2.49. The van der Waals surface area contributed by atoms with E-state index in [1.807, 2.05) is 6.07 Å². The van der Waals surface area contributed by atoms with Gasteiger partial charge in [0, 0.05) is 12.0 Å². The number of aliphatic carboxylic acids is 1. The maximum absolute atomic E-state index is 14.1. The molecule has 1 amide bonds. The van der Waals surface area contributed by atoms with Crippen molar-refractivity contribution in [3.05, 3.63) is 35.9 Å². The largest absolute Gasteiger partial charge is 0.481 e. The van der Waals surface area contributed by atoms with Gasteiger partial charge in [-0.05, 0) is 18.4 Å². The first-order valence-electron chi connectivity index (χ1n) is 7.46. The minimum absolute atomic E-state index is 0.00148. The SMILES string of the molecule is O=C(O)C1C[C@@H]2[C@H](C1)C(F)(F)CN2C(=O)OCc1ccccc1. The van der Waals surface area contributed by atoms with Crippen molar-refractivity contribution < 1.29 is 28.2 Å². The van der Waals surface area contributed by atoms with Crippen LogP contribution >= 0.6 is 0 Å². The van der Waals surface area contributed by atoms with Gasteiger partial charge in [-0.1, -0.05) is 30.3 Å². The number of rotatable bonds is 3. The van der Waals surface area contributed by atoms with Crippen molar-refractivity contribution in [1.82, 2.24) is 4.90 Å². The van der Waals surface area contributed by atoms with Gasteiger partial charge in [-0.3, -0.25) is 9.69 Å². The number of carbonyl (C=O) groups excluding carboxylic acids is 1. The lowest BCUT2D eigenvalue weighted by Gasteiger charge is -2.22. The summed E-state index contributed by atoms with van der Waals surface area (Å²) in [6.45, 7) is -0.705. The number of amides is 1. The maximum Gasteiger partial charge on any atom is 0.410 e. The summed E-state index contributed by atoms with van der Waals surface area (Å²) in [6, 6.07) is 8.17. The van der Waals surface area contributed by atoms with E-state index in [0.717, 1.165) is 10.5 Å². The summed E-state index contributed by atoms with van der Waals surface area (Å²) in [5.74, 6) is -6.10. The number of halogens is 2. The first-order valence-corrected chi connectivity index (χ1v) is 7.46. The van der Waals surface area contributed by atoms with Crippen molar-refractivity contribution in [1.29, 1.82) is 0 Å². The Morgan fingerprint density at radius 3 is 2.61 bits per heavy atom. The summed E-state index contributed by atoms with van der Waals surface area (Å²) in [4.78, 5) is 24.2. The van der Waals surface area contributed by atoms with Crippen molar-refractivity contribution >= 4 is 12.1 Å². The van der Waals surface area contributed by atoms with Crippen LogP contribution < -0.4 is 0 Å². The molecule has 1 unspecified atom stereocenters. The summed E-state index contributed by atoms with van der Waals surface area (Å²) in [5, 5.41) is 9.04. The van der Waals surface area contributed by atoms with Gasteiger partial charge in [0.25, 0.3) is 5.92 Å². The van der Waals surface area contributed by atoms with Gasteiger partial charge in [-0.25, -0.2) is 13.6 Å². The lowest BCUT2D eigenvalue weighted by atomic mass is 9.99. The molecule has 1 N–H and O–H groups in total. The first-order chi connectivity index (χ1) is 10.9. The highest BCUT2D eigenvalue weighted by molar-refractivity contribution is 5.72. The average molecular weight is 325 g/mol. The lowest BCUT2D eigenvalue weighted by Crippen LogP contribution is -2.37. The fourth-order valence-corrected chi connectivity index (χ4v) is 3.48. The molecule has 23 heavy (non-hydrogen) atoms. The summed E-state index contributed by atoms with van der Waals surface area (Å²) >= 11 is 0. The number of hydrogen-bond donors (Lipinski definition) is 1. The van der Waals surface area contributed by atoms with Crippen LogP contribution in [0, 0.1) is 11.8 Å². The van der Waals surface area contributed by atoms with Crippen LogP contribution in [0.2, 0.25) is 0 Å². The van der Waals surface area contributed by atoms with Gasteiger partial charge in [0.1, 0.15) is 6.61 Å². The molecule has 1 saturated heterocycles. The lowest BCUT2D eigenvalue weighted by molar-refractivity contribution is -0.142. The van der Waals surface area contributed by atoms with E-state index in [0.29, 0.717) is 0 Å². The van der Waals surface area contributed by atoms with Gasteiger partial charge in [0.05, 0.1) is 12.5 Å². The number of alkyl halides is 2. The highest BCUT2D eigenvalue weighted by Gasteiger charge is 2.60. The Morgan fingerprint density at radius 2 is 1.96 bits per heavy atom. The minimum Gasteiger partial charge on any atom is -0.481 e. The predicted octanol–water partition coefficient (Wildman–Crippen LogP) is 2.75. The topological polar surface area (TPSA) is 66.8 Å². The molecular formula is C16H17F2NO4. The highest BCUT2D eigenvalue weighted by atomic mass is 19.3. The number of carbonyl (C=O) groups is 2. The number of carboxylic acids is 1. The van der Waals surface area contributed by atoms with Crippen molar-refractivity contribution in [3.63, 3.8) is 0 Å². The van der Waals surface area contributed by atoms with Crippen LogP contribution in [-0.2, 0) is 16.1 Å². The second-order valence-corrected chi connectivity index (χ2v) is 6.11. The molecule has 3 rings (SSSR count). The number of carboxylic acid groups (broad SMARTS) is 1. The zero-order chi connectivity index (χ0) is 16.6. The Bertz CT molecular complexity index is 607. The molecule has 0 spiro atoms. The molecule has 0 bridgehead atoms. The second kappa shape index (κ2) is 5.79. The summed E-state index contributed by atoms with van der Waals surface area (Å²) in [6.07, 6.45) is -0.863. The Hall–Kier alpha value is -2.18. The van der Waals surface area contributed by atoms with E-state index in [9.17, 15) is 18.4 Å². The number of nitrogens with zero attached hydrogens (tertiary/aromatic N) is 1. The van der Waals surface area contributed by atoms with E-state index in [2.05, 4.69) is 0 Å². The molecule has 7 heteroatoms. The normalized spacial score (nSPS) is 28.4. The standard InChI is InChI=1S/C16H17F2NO4/c17-16(18)9-19(13-7-11(14(20)21)6-12(13)16)15(22)23-8-10-4-2-1-3-5-10/h1-5,11-13H,6-9H2,(H,20,21)/t11?,12-,13+/m0/s1. The molecule has 1 aliphatic heterocycles. The van der Waals surface area contributed by atoms with Gasteiger partial charge in [-0.2, -0.15) is 0 Å². The van der Waals surface area contributed by atoms with Crippen molar-refractivity contribution in [2.24, 2.45) is 11.8 Å². The summed E-state index contributed by atoms with van der Waals surface area (Å²) < 4.78 is 33.3. The van der Waals surface area contributed by atoms with E-state index in [4.69, 9.17) is 9.84 Å². The number of fused-ring (bicyclic) bond motifs is 1. The van der Waals surface area contributed by atoms with Crippen LogP contribution in [0.5, 0.6) is 0 Å². The number of benzene rings is 1. The minimum atomic E-state index is -3.07. The van der Waals surface area contributed by atoms with Crippen LogP contribution in [0.15, 0.2) is 30.3 Å². The molecule has 124 valence electrons. The number of hydrogen-bond acceptors (Lipinski definition) is 3. The van der Waals surface area contributed by atoms with Crippen molar-refractivity contribution in [2.75, 3.05) is 6.54 Å². The Morgan fingerprint density at radius 1 is 1.26 bits per heavy atom. The van der Waals surface area contributed by atoms with E-state index < -0.39 is 42.4 Å². The molecular weight excluding hydrogens is 308 g/mol. The van der Waals surface area contributed by atoms with Gasteiger partial charge >= 0.3 is 12.1 Å². The Balaban J connectivity index is 1.67. The summed E-state index contributed by atoms with van der Waals surface area (Å²) in [5.41, 5.74) is 0.762. The summed E-state index contributed by atoms with van der Waals surface area (Å²) in [7, 11) is 0. The molecule has 0 aromatic heterocycles. The molecule has 5 nitrogen and oxygen atoms in total. The predicted molar refractivity (Wildman–Crippen MR) is 75.9 cm³/mol. The molecule has 3 atom stereocenters. The average Bonchev–Trinajstić information content (AvgIpc) is 3.06. The zero-order valence-corrected chi connectivity index (χ0v) is 12.3. The third-order valence-electron chi connectivity index (χ3n) is 4.64. The molecule has 2 fully saturated rings. The molecule has 1 aliphatic carbocycles.